The Hall–Kier alpha value is -1.87. The van der Waals surface area contributed by atoms with Crippen molar-refractivity contribution < 1.29 is 14.3 Å². The topological polar surface area (TPSA) is 35.5 Å². The highest BCUT2D eigenvalue weighted by molar-refractivity contribution is 5.90. The van der Waals surface area contributed by atoms with Crippen molar-refractivity contribution >= 4 is 16.7 Å². The van der Waals surface area contributed by atoms with E-state index in [-0.39, 0.29) is 12.1 Å². The third-order valence-corrected chi connectivity index (χ3v) is 3.84. The van der Waals surface area contributed by atoms with Gasteiger partial charge in [-0.3, -0.25) is 0 Å². The summed E-state index contributed by atoms with van der Waals surface area (Å²) in [5.74, 6) is -0.317. The zero-order valence-electron chi connectivity index (χ0n) is 13.5. The Kier molecular flexibility index (Phi) is 5.96. The van der Waals surface area contributed by atoms with Gasteiger partial charge in [-0.05, 0) is 29.7 Å². The number of ether oxygens (including phenoxy) is 2. The number of unbranched alkanes of at least 4 members (excludes halogenated alkanes) is 1. The highest BCUT2D eigenvalue weighted by Gasteiger charge is 2.25. The van der Waals surface area contributed by atoms with Gasteiger partial charge < -0.3 is 9.47 Å². The molecule has 3 heteroatoms. The molecule has 0 fully saturated rings. The van der Waals surface area contributed by atoms with Crippen LogP contribution in [0.2, 0.25) is 0 Å². The van der Waals surface area contributed by atoms with Gasteiger partial charge >= 0.3 is 5.97 Å². The fourth-order valence-electron chi connectivity index (χ4n) is 2.64. The van der Waals surface area contributed by atoms with E-state index in [1.165, 1.54) is 0 Å². The van der Waals surface area contributed by atoms with Crippen LogP contribution in [-0.2, 0) is 14.3 Å². The monoisotopic (exact) mass is 300 g/mol. The third-order valence-electron chi connectivity index (χ3n) is 3.84. The molecule has 0 unspecified atom stereocenters. The zero-order chi connectivity index (χ0) is 15.9. The Bertz CT molecular complexity index is 616. The number of methoxy groups -OCH3 is 1. The molecule has 0 amide bonds. The van der Waals surface area contributed by atoms with Crippen molar-refractivity contribution in [2.45, 2.75) is 45.3 Å². The molecule has 0 saturated heterocycles. The summed E-state index contributed by atoms with van der Waals surface area (Å²) >= 11 is 0. The van der Waals surface area contributed by atoms with Crippen LogP contribution in [-0.4, -0.2) is 19.2 Å². The Morgan fingerprint density at radius 2 is 1.86 bits per heavy atom. The average Bonchev–Trinajstić information content (AvgIpc) is 2.54. The van der Waals surface area contributed by atoms with Gasteiger partial charge in [0.1, 0.15) is 0 Å². The molecular formula is C19H24O3. The van der Waals surface area contributed by atoms with Crippen LogP contribution in [0.1, 0.15) is 44.8 Å². The number of carbonyl (C=O) groups is 1. The van der Waals surface area contributed by atoms with Crippen molar-refractivity contribution in [2.75, 3.05) is 7.11 Å². The molecule has 0 spiro atoms. The Morgan fingerprint density at radius 1 is 1.14 bits per heavy atom. The zero-order valence-corrected chi connectivity index (χ0v) is 13.5. The number of fused-ring (bicyclic) bond motifs is 1. The van der Waals surface area contributed by atoms with Crippen molar-refractivity contribution in [3.8, 4) is 0 Å². The fraction of sp³-hybridized carbons (Fsp3) is 0.421. The number of rotatable bonds is 7. The molecule has 0 radical (unpaired) electrons. The minimum atomic E-state index is -0.685. The Balaban J connectivity index is 2.21. The van der Waals surface area contributed by atoms with E-state index in [2.05, 4.69) is 6.92 Å². The van der Waals surface area contributed by atoms with E-state index in [4.69, 9.17) is 9.47 Å². The lowest BCUT2D eigenvalue weighted by Crippen LogP contribution is -2.22. The summed E-state index contributed by atoms with van der Waals surface area (Å²) in [7, 11) is 1.55. The molecular weight excluding hydrogens is 276 g/mol. The highest BCUT2D eigenvalue weighted by Crippen LogP contribution is 2.27. The van der Waals surface area contributed by atoms with Gasteiger partial charge in [-0.2, -0.15) is 0 Å². The van der Waals surface area contributed by atoms with Crippen molar-refractivity contribution in [3.05, 3.63) is 48.0 Å². The standard InChI is InChI=1S/C19H24O3/c1-4-5-9-14(2)22-19(20)18(21-3)17-13-8-11-15-10-6-7-12-16(15)17/h6-8,10-14,18H,4-5,9H2,1-3H3/t14-,18-/m1/s1. The van der Waals surface area contributed by atoms with Crippen LogP contribution in [0.15, 0.2) is 42.5 Å². The molecule has 0 aromatic heterocycles. The Morgan fingerprint density at radius 3 is 2.59 bits per heavy atom. The van der Waals surface area contributed by atoms with E-state index in [1.54, 1.807) is 7.11 Å². The lowest BCUT2D eigenvalue weighted by Gasteiger charge is -2.20. The highest BCUT2D eigenvalue weighted by atomic mass is 16.6. The summed E-state index contributed by atoms with van der Waals surface area (Å²) in [5, 5.41) is 2.11. The number of hydrogen-bond donors (Lipinski definition) is 0. The Labute approximate surface area is 132 Å². The second-order valence-electron chi connectivity index (χ2n) is 5.57. The first-order valence-electron chi connectivity index (χ1n) is 7.88. The predicted octanol–water partition coefficient (Wildman–Crippen LogP) is 4.65. The van der Waals surface area contributed by atoms with Crippen LogP contribution >= 0.6 is 0 Å². The summed E-state index contributed by atoms with van der Waals surface area (Å²) < 4.78 is 11.0. The van der Waals surface area contributed by atoms with Gasteiger partial charge in [0.15, 0.2) is 6.10 Å². The minimum Gasteiger partial charge on any atom is -0.460 e. The normalized spacial score (nSPS) is 13.8. The summed E-state index contributed by atoms with van der Waals surface area (Å²) in [6.45, 7) is 4.06. The lowest BCUT2D eigenvalue weighted by molar-refractivity contribution is -0.160. The van der Waals surface area contributed by atoms with Gasteiger partial charge in [-0.15, -0.1) is 0 Å². The van der Waals surface area contributed by atoms with Gasteiger partial charge in [-0.25, -0.2) is 4.79 Å². The van der Waals surface area contributed by atoms with Crippen molar-refractivity contribution in [1.82, 2.24) is 0 Å². The minimum absolute atomic E-state index is 0.0833. The molecule has 0 heterocycles. The van der Waals surface area contributed by atoms with Crippen LogP contribution in [0.5, 0.6) is 0 Å². The van der Waals surface area contributed by atoms with E-state index >= 15 is 0 Å². The van der Waals surface area contributed by atoms with Crippen molar-refractivity contribution in [3.63, 3.8) is 0 Å². The van der Waals surface area contributed by atoms with E-state index in [1.807, 2.05) is 49.4 Å². The maximum absolute atomic E-state index is 12.4. The van der Waals surface area contributed by atoms with E-state index in [9.17, 15) is 4.79 Å². The van der Waals surface area contributed by atoms with Crippen LogP contribution in [0.3, 0.4) is 0 Å². The molecule has 0 saturated carbocycles. The number of carbonyl (C=O) groups excluding carboxylic acids is 1. The van der Waals surface area contributed by atoms with Crippen LogP contribution < -0.4 is 0 Å². The quantitative estimate of drug-likeness (QED) is 0.698. The summed E-state index contributed by atoms with van der Waals surface area (Å²) in [6.07, 6.45) is 2.27. The van der Waals surface area contributed by atoms with Gasteiger partial charge in [0.2, 0.25) is 0 Å². The molecule has 22 heavy (non-hydrogen) atoms. The number of hydrogen-bond acceptors (Lipinski definition) is 3. The molecule has 0 aliphatic rings. The lowest BCUT2D eigenvalue weighted by atomic mass is 10.0. The summed E-state index contributed by atoms with van der Waals surface area (Å²) in [6, 6.07) is 13.9. The second kappa shape index (κ2) is 7.95. The van der Waals surface area contributed by atoms with Crippen LogP contribution in [0, 0.1) is 0 Å². The summed E-state index contributed by atoms with van der Waals surface area (Å²) in [5.41, 5.74) is 0.855. The van der Waals surface area contributed by atoms with E-state index in [0.29, 0.717) is 0 Å². The molecule has 0 aliphatic carbocycles. The molecule has 0 aliphatic heterocycles. The molecule has 3 nitrogen and oxygen atoms in total. The number of benzene rings is 2. The smallest absolute Gasteiger partial charge is 0.340 e. The first-order chi connectivity index (χ1) is 10.7. The summed E-state index contributed by atoms with van der Waals surface area (Å²) in [4.78, 5) is 12.4. The van der Waals surface area contributed by atoms with Crippen LogP contribution in [0.25, 0.3) is 10.8 Å². The second-order valence-corrected chi connectivity index (χ2v) is 5.57. The van der Waals surface area contributed by atoms with Crippen molar-refractivity contribution in [2.24, 2.45) is 0 Å². The van der Waals surface area contributed by atoms with Gasteiger partial charge in [0.05, 0.1) is 6.10 Å². The molecule has 2 aromatic rings. The van der Waals surface area contributed by atoms with E-state index < -0.39 is 6.10 Å². The van der Waals surface area contributed by atoms with Crippen molar-refractivity contribution in [1.29, 1.82) is 0 Å². The van der Waals surface area contributed by atoms with E-state index in [0.717, 1.165) is 35.6 Å². The number of esters is 1. The van der Waals surface area contributed by atoms with Gasteiger partial charge in [0, 0.05) is 7.11 Å². The molecule has 2 rings (SSSR count). The van der Waals surface area contributed by atoms with Crippen LogP contribution in [0.4, 0.5) is 0 Å². The SMILES string of the molecule is CCCC[C@@H](C)OC(=O)[C@H](OC)c1cccc2ccccc12. The molecule has 118 valence electrons. The molecule has 2 atom stereocenters. The van der Waals surface area contributed by atoms with Gasteiger partial charge in [-0.1, -0.05) is 62.2 Å². The predicted molar refractivity (Wildman–Crippen MR) is 88.8 cm³/mol. The molecule has 0 N–H and O–H groups in total. The first-order valence-corrected chi connectivity index (χ1v) is 7.88. The molecule has 2 aromatic carbocycles. The fourth-order valence-corrected chi connectivity index (χ4v) is 2.64. The maximum atomic E-state index is 12.4. The molecule has 0 bridgehead atoms. The maximum Gasteiger partial charge on any atom is 0.340 e. The van der Waals surface area contributed by atoms with Gasteiger partial charge in [0.25, 0.3) is 0 Å². The average molecular weight is 300 g/mol. The third kappa shape index (κ3) is 3.86. The largest absolute Gasteiger partial charge is 0.460 e. The first kappa shape index (κ1) is 16.5.